The molecule has 1 aliphatic heterocycles. The van der Waals surface area contributed by atoms with Gasteiger partial charge in [-0.3, -0.25) is 9.59 Å². The largest absolute Gasteiger partial charge is 0.345 e. The Kier molecular flexibility index (Phi) is 4.31. The van der Waals surface area contributed by atoms with Gasteiger partial charge in [0.25, 0.3) is 0 Å². The van der Waals surface area contributed by atoms with Crippen molar-refractivity contribution in [3.05, 3.63) is 18.2 Å². The van der Waals surface area contributed by atoms with Crippen LogP contribution in [-0.4, -0.2) is 51.8 Å². The van der Waals surface area contributed by atoms with Gasteiger partial charge in [0.1, 0.15) is 11.9 Å². The van der Waals surface area contributed by atoms with Gasteiger partial charge in [-0.15, -0.1) is 0 Å². The van der Waals surface area contributed by atoms with E-state index in [0.29, 0.717) is 6.54 Å². The maximum atomic E-state index is 12.8. The fourth-order valence-electron chi connectivity index (χ4n) is 3.18. The van der Waals surface area contributed by atoms with Gasteiger partial charge in [-0.2, -0.15) is 0 Å². The number of nitrogens with zero attached hydrogens (tertiary/aromatic N) is 4. The summed E-state index contributed by atoms with van der Waals surface area (Å²) in [5.41, 5.74) is 0.0254. The number of aromatic nitrogens is 2. The minimum absolute atomic E-state index is 0.00416. The maximum absolute atomic E-state index is 12.8. The number of imidazole rings is 1. The fraction of sp³-hybridized carbons (Fsp3) is 0.688. The first-order valence-electron chi connectivity index (χ1n) is 7.59. The second kappa shape index (κ2) is 5.74. The first-order valence-corrected chi connectivity index (χ1v) is 7.59. The van der Waals surface area contributed by atoms with Crippen LogP contribution >= 0.6 is 0 Å². The number of carbonyl (C=O) groups is 2. The van der Waals surface area contributed by atoms with Crippen LogP contribution < -0.4 is 0 Å². The van der Waals surface area contributed by atoms with Gasteiger partial charge >= 0.3 is 0 Å². The van der Waals surface area contributed by atoms with Crippen molar-refractivity contribution in [3.63, 3.8) is 0 Å². The van der Waals surface area contributed by atoms with E-state index in [4.69, 9.17) is 0 Å². The summed E-state index contributed by atoms with van der Waals surface area (Å²) in [5.74, 6) is 0.401. The van der Waals surface area contributed by atoms with Crippen LogP contribution in [0.5, 0.6) is 0 Å². The van der Waals surface area contributed by atoms with E-state index in [1.807, 2.05) is 24.9 Å². The third kappa shape index (κ3) is 3.15. The van der Waals surface area contributed by atoms with Gasteiger partial charge in [0.05, 0.1) is 5.92 Å². The van der Waals surface area contributed by atoms with E-state index in [2.05, 4.69) is 25.8 Å². The van der Waals surface area contributed by atoms with Crippen molar-refractivity contribution in [1.82, 2.24) is 19.4 Å². The zero-order valence-electron chi connectivity index (χ0n) is 14.3. The summed E-state index contributed by atoms with van der Waals surface area (Å²) in [7, 11) is 5.45. The van der Waals surface area contributed by atoms with Gasteiger partial charge in [0, 0.05) is 46.5 Å². The van der Waals surface area contributed by atoms with Crippen molar-refractivity contribution >= 4 is 11.8 Å². The van der Waals surface area contributed by atoms with Gasteiger partial charge in [-0.05, 0) is 5.41 Å². The Morgan fingerprint density at radius 1 is 1.41 bits per heavy atom. The standard InChI is InChI=1S/C16H26N4O2/c1-16(2,3)10-19(5)15(22)11-9-12(21)20(6)13(11)14-17-7-8-18(14)4/h7-8,11,13H,9-10H2,1-6H3/t11-,13-/m0/s1. The molecule has 0 aliphatic carbocycles. The number of hydrogen-bond acceptors (Lipinski definition) is 3. The van der Waals surface area contributed by atoms with Gasteiger partial charge in [0.2, 0.25) is 11.8 Å². The quantitative estimate of drug-likeness (QED) is 0.849. The zero-order chi connectivity index (χ0) is 16.7. The van der Waals surface area contributed by atoms with Crippen molar-refractivity contribution in [2.45, 2.75) is 33.2 Å². The minimum Gasteiger partial charge on any atom is -0.345 e. The molecule has 2 heterocycles. The molecule has 0 unspecified atom stereocenters. The van der Waals surface area contributed by atoms with Crippen molar-refractivity contribution < 1.29 is 9.59 Å². The highest BCUT2D eigenvalue weighted by Crippen LogP contribution is 2.37. The van der Waals surface area contributed by atoms with Crippen molar-refractivity contribution in [2.24, 2.45) is 18.4 Å². The molecule has 2 rings (SSSR count). The number of carbonyl (C=O) groups excluding carboxylic acids is 2. The highest BCUT2D eigenvalue weighted by atomic mass is 16.2. The number of hydrogen-bond donors (Lipinski definition) is 0. The van der Waals surface area contributed by atoms with E-state index in [0.717, 1.165) is 5.82 Å². The van der Waals surface area contributed by atoms with Crippen LogP contribution in [0.15, 0.2) is 12.4 Å². The summed E-state index contributed by atoms with van der Waals surface area (Å²) >= 11 is 0. The third-order valence-electron chi connectivity index (χ3n) is 4.11. The molecule has 1 aliphatic rings. The molecule has 1 saturated heterocycles. The van der Waals surface area contributed by atoms with Crippen LogP contribution in [0.4, 0.5) is 0 Å². The fourth-order valence-corrected chi connectivity index (χ4v) is 3.18. The normalized spacial score (nSPS) is 22.3. The molecule has 6 heteroatoms. The lowest BCUT2D eigenvalue weighted by Gasteiger charge is -2.31. The molecular formula is C16H26N4O2. The SMILES string of the molecule is CN(CC(C)(C)C)C(=O)[C@H]1CC(=O)N(C)[C@@H]1c1nccn1C. The van der Waals surface area contributed by atoms with Crippen molar-refractivity contribution in [2.75, 3.05) is 20.6 Å². The first-order chi connectivity index (χ1) is 10.1. The van der Waals surface area contributed by atoms with Gasteiger partial charge in [-0.25, -0.2) is 4.98 Å². The molecule has 0 N–H and O–H groups in total. The van der Waals surface area contributed by atoms with E-state index in [1.54, 1.807) is 23.0 Å². The second-order valence-corrected chi connectivity index (χ2v) is 7.41. The topological polar surface area (TPSA) is 58.4 Å². The second-order valence-electron chi connectivity index (χ2n) is 7.41. The van der Waals surface area contributed by atoms with E-state index >= 15 is 0 Å². The van der Waals surface area contributed by atoms with E-state index in [1.165, 1.54) is 0 Å². The summed E-state index contributed by atoms with van der Waals surface area (Å²) < 4.78 is 1.88. The van der Waals surface area contributed by atoms with Gasteiger partial charge in [0.15, 0.2) is 0 Å². The third-order valence-corrected chi connectivity index (χ3v) is 4.11. The number of rotatable bonds is 3. The number of aryl methyl sites for hydroxylation is 1. The number of likely N-dealkylation sites (tertiary alicyclic amines) is 1. The van der Waals surface area contributed by atoms with Gasteiger partial charge < -0.3 is 14.4 Å². The average molecular weight is 306 g/mol. The summed E-state index contributed by atoms with van der Waals surface area (Å²) in [6, 6.07) is -0.289. The highest BCUT2D eigenvalue weighted by molar-refractivity contribution is 5.90. The Balaban J connectivity index is 2.26. The molecule has 0 bridgehead atoms. The van der Waals surface area contributed by atoms with Crippen molar-refractivity contribution in [3.8, 4) is 0 Å². The Labute approximate surface area is 132 Å². The van der Waals surface area contributed by atoms with Crippen LogP contribution in [0.1, 0.15) is 39.1 Å². The number of amides is 2. The molecule has 0 radical (unpaired) electrons. The van der Waals surface area contributed by atoms with E-state index in [9.17, 15) is 9.59 Å². The van der Waals surface area contributed by atoms with Crippen molar-refractivity contribution in [1.29, 1.82) is 0 Å². The molecular weight excluding hydrogens is 280 g/mol. The highest BCUT2D eigenvalue weighted by Gasteiger charge is 2.45. The van der Waals surface area contributed by atoms with Gasteiger partial charge in [-0.1, -0.05) is 20.8 Å². The Morgan fingerprint density at radius 2 is 2.05 bits per heavy atom. The molecule has 0 aromatic carbocycles. The maximum Gasteiger partial charge on any atom is 0.228 e. The molecule has 1 aromatic rings. The van der Waals surface area contributed by atoms with Crippen LogP contribution in [0.3, 0.4) is 0 Å². The summed E-state index contributed by atoms with van der Waals surface area (Å²) in [6.45, 7) is 6.95. The molecule has 0 spiro atoms. The molecule has 1 fully saturated rings. The Bertz CT molecular complexity index is 573. The summed E-state index contributed by atoms with van der Waals surface area (Å²) in [4.78, 5) is 32.7. The Morgan fingerprint density at radius 3 is 2.55 bits per heavy atom. The van der Waals surface area contributed by atoms with E-state index < -0.39 is 0 Å². The first kappa shape index (κ1) is 16.5. The van der Waals surface area contributed by atoms with E-state index in [-0.39, 0.29) is 35.6 Å². The monoisotopic (exact) mass is 306 g/mol. The zero-order valence-corrected chi connectivity index (χ0v) is 14.3. The lowest BCUT2D eigenvalue weighted by Crippen LogP contribution is -2.40. The molecule has 2 amide bonds. The lowest BCUT2D eigenvalue weighted by molar-refractivity contribution is -0.136. The molecule has 6 nitrogen and oxygen atoms in total. The molecule has 0 saturated carbocycles. The molecule has 1 aromatic heterocycles. The smallest absolute Gasteiger partial charge is 0.228 e. The van der Waals surface area contributed by atoms with Crippen LogP contribution in [0.25, 0.3) is 0 Å². The molecule has 2 atom stereocenters. The molecule has 22 heavy (non-hydrogen) atoms. The predicted octanol–water partition coefficient (Wildman–Crippen LogP) is 1.44. The lowest BCUT2D eigenvalue weighted by atomic mass is 9.93. The van der Waals surface area contributed by atoms with Crippen LogP contribution in [0.2, 0.25) is 0 Å². The summed E-state index contributed by atoms with van der Waals surface area (Å²) in [6.07, 6.45) is 3.79. The minimum atomic E-state index is -0.369. The predicted molar refractivity (Wildman–Crippen MR) is 83.9 cm³/mol. The Hall–Kier alpha value is -1.85. The summed E-state index contributed by atoms with van der Waals surface area (Å²) in [5, 5.41) is 0. The van der Waals surface area contributed by atoms with Crippen LogP contribution in [-0.2, 0) is 16.6 Å². The van der Waals surface area contributed by atoms with Crippen LogP contribution in [0, 0.1) is 11.3 Å². The average Bonchev–Trinajstić information content (AvgIpc) is 2.92. The molecule has 122 valence electrons.